The van der Waals surface area contributed by atoms with Crippen molar-refractivity contribution in [3.8, 4) is 11.5 Å². The highest BCUT2D eigenvalue weighted by Gasteiger charge is 2.23. The molecule has 184 valence electrons. The molecule has 14 heteroatoms. The van der Waals surface area contributed by atoms with Gasteiger partial charge in [-0.25, -0.2) is 8.42 Å². The second-order valence-corrected chi connectivity index (χ2v) is 10.6. The molecule has 0 saturated carbocycles. The number of rotatable bonds is 8. The Kier molecular flexibility index (Phi) is 7.33. The maximum atomic E-state index is 12.3. The Labute approximate surface area is 205 Å². The van der Waals surface area contributed by atoms with Crippen molar-refractivity contribution < 1.29 is 22.6 Å². The number of aromatic nitrogens is 2. The number of nitro groups is 1. The number of anilines is 2. The van der Waals surface area contributed by atoms with Gasteiger partial charge in [0.1, 0.15) is 0 Å². The first-order valence-electron chi connectivity index (χ1n) is 10.5. The highest BCUT2D eigenvalue weighted by atomic mass is 32.2. The van der Waals surface area contributed by atoms with Crippen molar-refractivity contribution in [3.05, 3.63) is 58.6 Å². The van der Waals surface area contributed by atoms with Crippen molar-refractivity contribution in [1.82, 2.24) is 14.5 Å². The van der Waals surface area contributed by atoms with E-state index in [0.717, 1.165) is 17.4 Å². The van der Waals surface area contributed by atoms with E-state index in [1.807, 2.05) is 12.1 Å². The van der Waals surface area contributed by atoms with Crippen LogP contribution in [-0.2, 0) is 14.8 Å². The van der Waals surface area contributed by atoms with E-state index in [9.17, 15) is 23.3 Å². The lowest BCUT2D eigenvalue weighted by molar-refractivity contribution is -0.384. The van der Waals surface area contributed by atoms with Gasteiger partial charge in [0.05, 0.1) is 16.9 Å². The van der Waals surface area contributed by atoms with Crippen LogP contribution in [0.2, 0.25) is 0 Å². The van der Waals surface area contributed by atoms with Gasteiger partial charge in [0.2, 0.25) is 21.8 Å². The zero-order chi connectivity index (χ0) is 25.0. The second-order valence-electron chi connectivity index (χ2n) is 7.71. The standard InChI is InChI=1S/C21H22N6O6S2/c1-35(31,32)26-11-9-25(10-12-26)17-7-5-16(6-8-17)22-19(28)14-34-21-24-23-20(33-21)15-3-2-4-18(13-15)27(29)30/h2-8,13H,9-12,14H2,1H3,(H,22,28). The number of thioether (sulfide) groups is 1. The van der Waals surface area contributed by atoms with Gasteiger partial charge in [-0.15, -0.1) is 10.2 Å². The van der Waals surface area contributed by atoms with Crippen LogP contribution in [0.25, 0.3) is 11.5 Å². The average molecular weight is 519 g/mol. The lowest BCUT2D eigenvalue weighted by atomic mass is 10.2. The number of hydrogen-bond acceptors (Lipinski definition) is 10. The lowest BCUT2D eigenvalue weighted by Gasteiger charge is -2.34. The topological polar surface area (TPSA) is 152 Å². The summed E-state index contributed by atoms with van der Waals surface area (Å²) in [5.41, 5.74) is 1.90. The molecule has 2 aromatic carbocycles. The molecule has 1 fully saturated rings. The second kappa shape index (κ2) is 10.4. The molecule has 35 heavy (non-hydrogen) atoms. The van der Waals surface area contributed by atoms with Crippen molar-refractivity contribution in [2.24, 2.45) is 0 Å². The van der Waals surface area contributed by atoms with E-state index in [1.165, 1.54) is 28.8 Å². The first kappa shape index (κ1) is 24.6. The minimum absolute atomic E-state index is 0.0335. The van der Waals surface area contributed by atoms with Gasteiger partial charge in [0.15, 0.2) is 0 Å². The summed E-state index contributed by atoms with van der Waals surface area (Å²) in [5, 5.41) is 21.7. The Balaban J connectivity index is 1.27. The summed E-state index contributed by atoms with van der Waals surface area (Å²) in [5.74, 6) is -0.102. The van der Waals surface area contributed by atoms with Gasteiger partial charge >= 0.3 is 0 Å². The number of carbonyl (C=O) groups excluding carboxylic acids is 1. The molecule has 3 aromatic rings. The van der Waals surface area contributed by atoms with Crippen LogP contribution < -0.4 is 10.2 Å². The summed E-state index contributed by atoms with van der Waals surface area (Å²) in [6.07, 6.45) is 1.22. The highest BCUT2D eigenvalue weighted by molar-refractivity contribution is 7.99. The van der Waals surface area contributed by atoms with Gasteiger partial charge < -0.3 is 14.6 Å². The number of sulfonamides is 1. The number of nitro benzene ring substituents is 1. The molecule has 0 atom stereocenters. The van der Waals surface area contributed by atoms with Crippen molar-refractivity contribution in [2.75, 3.05) is 48.4 Å². The highest BCUT2D eigenvalue weighted by Crippen LogP contribution is 2.26. The quantitative estimate of drug-likeness (QED) is 0.267. The molecular formula is C21H22N6O6S2. The minimum atomic E-state index is -3.18. The van der Waals surface area contributed by atoms with Crippen LogP contribution in [0.5, 0.6) is 0 Å². The van der Waals surface area contributed by atoms with E-state index < -0.39 is 14.9 Å². The molecule has 1 aliphatic heterocycles. The monoisotopic (exact) mass is 518 g/mol. The molecule has 0 spiro atoms. The summed E-state index contributed by atoms with van der Waals surface area (Å²) in [7, 11) is -3.18. The molecule has 1 N–H and O–H groups in total. The van der Waals surface area contributed by atoms with Gasteiger partial charge in [0, 0.05) is 55.2 Å². The van der Waals surface area contributed by atoms with E-state index in [4.69, 9.17) is 4.42 Å². The first-order valence-corrected chi connectivity index (χ1v) is 13.3. The zero-order valence-electron chi connectivity index (χ0n) is 18.7. The van der Waals surface area contributed by atoms with Crippen molar-refractivity contribution in [3.63, 3.8) is 0 Å². The molecule has 0 aliphatic carbocycles. The van der Waals surface area contributed by atoms with E-state index in [-0.39, 0.29) is 28.5 Å². The van der Waals surface area contributed by atoms with Crippen LogP contribution in [0, 0.1) is 10.1 Å². The molecular weight excluding hydrogens is 496 g/mol. The molecule has 4 rings (SSSR count). The van der Waals surface area contributed by atoms with E-state index in [2.05, 4.69) is 20.4 Å². The number of nitrogens with zero attached hydrogens (tertiary/aromatic N) is 5. The molecule has 0 unspecified atom stereocenters. The summed E-state index contributed by atoms with van der Waals surface area (Å²) in [6.45, 7) is 2.07. The van der Waals surface area contributed by atoms with Crippen LogP contribution in [-0.4, -0.2) is 71.9 Å². The third kappa shape index (κ3) is 6.35. The van der Waals surface area contributed by atoms with E-state index in [1.54, 1.807) is 18.2 Å². The van der Waals surface area contributed by atoms with Crippen LogP contribution in [0.1, 0.15) is 0 Å². The van der Waals surface area contributed by atoms with Crippen LogP contribution in [0.15, 0.2) is 58.2 Å². The molecule has 2 heterocycles. The zero-order valence-corrected chi connectivity index (χ0v) is 20.3. The van der Waals surface area contributed by atoms with Crippen molar-refractivity contribution in [2.45, 2.75) is 5.22 Å². The Morgan fingerprint density at radius 3 is 2.51 bits per heavy atom. The molecule has 1 amide bonds. The fourth-order valence-corrected chi connectivity index (χ4v) is 4.88. The summed E-state index contributed by atoms with van der Waals surface area (Å²) in [4.78, 5) is 24.8. The molecule has 1 aromatic heterocycles. The largest absolute Gasteiger partial charge is 0.411 e. The van der Waals surface area contributed by atoms with E-state index >= 15 is 0 Å². The third-order valence-corrected chi connectivity index (χ3v) is 7.38. The normalized spacial score (nSPS) is 14.6. The Morgan fingerprint density at radius 1 is 1.14 bits per heavy atom. The minimum Gasteiger partial charge on any atom is -0.411 e. The summed E-state index contributed by atoms with van der Waals surface area (Å²) >= 11 is 1.05. The van der Waals surface area contributed by atoms with Crippen molar-refractivity contribution >= 4 is 44.8 Å². The maximum Gasteiger partial charge on any atom is 0.277 e. The van der Waals surface area contributed by atoms with Crippen LogP contribution in [0.4, 0.5) is 17.1 Å². The Hall–Kier alpha value is -3.49. The molecule has 1 aliphatic rings. The van der Waals surface area contributed by atoms with Gasteiger partial charge in [-0.05, 0) is 30.3 Å². The number of carbonyl (C=O) groups is 1. The van der Waals surface area contributed by atoms with E-state index in [0.29, 0.717) is 37.4 Å². The van der Waals surface area contributed by atoms with Gasteiger partial charge in [-0.1, -0.05) is 17.8 Å². The van der Waals surface area contributed by atoms with Crippen LogP contribution >= 0.6 is 11.8 Å². The fourth-order valence-electron chi connectivity index (χ4n) is 3.50. The number of amides is 1. The first-order chi connectivity index (χ1) is 16.7. The SMILES string of the molecule is CS(=O)(=O)N1CCN(c2ccc(NC(=O)CSc3nnc(-c4cccc([N+](=O)[O-])c4)o3)cc2)CC1. The number of nitrogens with one attached hydrogen (secondary N) is 1. The predicted molar refractivity (Wildman–Crippen MR) is 131 cm³/mol. The molecule has 0 bridgehead atoms. The van der Waals surface area contributed by atoms with Gasteiger partial charge in [-0.2, -0.15) is 4.31 Å². The lowest BCUT2D eigenvalue weighted by Crippen LogP contribution is -2.48. The Morgan fingerprint density at radius 2 is 1.86 bits per heavy atom. The average Bonchev–Trinajstić information content (AvgIpc) is 3.32. The summed E-state index contributed by atoms with van der Waals surface area (Å²) in [6, 6.07) is 13.2. The molecule has 1 saturated heterocycles. The fraction of sp³-hybridized carbons (Fsp3) is 0.286. The van der Waals surface area contributed by atoms with Gasteiger partial charge in [-0.3, -0.25) is 14.9 Å². The third-order valence-electron chi connectivity index (χ3n) is 5.26. The number of piperazine rings is 1. The number of benzene rings is 2. The smallest absolute Gasteiger partial charge is 0.277 e. The Bertz CT molecular complexity index is 1320. The van der Waals surface area contributed by atoms with Gasteiger partial charge in [0.25, 0.3) is 10.9 Å². The predicted octanol–water partition coefficient (Wildman–Crippen LogP) is 2.46. The number of hydrogen-bond donors (Lipinski definition) is 1. The molecule has 0 radical (unpaired) electrons. The maximum absolute atomic E-state index is 12.3. The van der Waals surface area contributed by atoms with Crippen LogP contribution in [0.3, 0.4) is 0 Å². The molecule has 12 nitrogen and oxygen atoms in total. The number of non-ortho nitro benzene ring substituents is 1. The summed E-state index contributed by atoms with van der Waals surface area (Å²) < 4.78 is 30.3. The van der Waals surface area contributed by atoms with Crippen molar-refractivity contribution in [1.29, 1.82) is 0 Å².